The predicted octanol–water partition coefficient (Wildman–Crippen LogP) is 1.91. The first kappa shape index (κ1) is 11.3. The van der Waals surface area contributed by atoms with Gasteiger partial charge in [-0.05, 0) is 12.1 Å². The third-order valence-corrected chi connectivity index (χ3v) is 2.04. The number of rotatable bonds is 6. The summed E-state index contributed by atoms with van der Waals surface area (Å²) in [5.74, 6) is 0.867. The van der Waals surface area contributed by atoms with Gasteiger partial charge in [-0.2, -0.15) is 10.5 Å². The third-order valence-electron chi connectivity index (χ3n) is 2.04. The Morgan fingerprint density at radius 3 is 2.33 bits per heavy atom. The topological polar surface area (TPSA) is 64.0 Å². The number of hydrogen-bond acceptors (Lipinski definition) is 4. The molecule has 4 heteroatoms. The minimum absolute atomic E-state index is 0.478. The van der Waals surface area contributed by atoms with E-state index in [4.69, 9.17) is 14.9 Å². The summed E-state index contributed by atoms with van der Waals surface area (Å²) >= 11 is 0. The second-order valence-corrected chi connectivity index (χ2v) is 3.17. The fourth-order valence-electron chi connectivity index (χ4n) is 1.31. The molecule has 78 valence electrons. The van der Waals surface area contributed by atoms with Gasteiger partial charge in [-0.25, -0.2) is 0 Å². The second kappa shape index (κ2) is 6.64. The van der Waals surface area contributed by atoms with Gasteiger partial charge in [0, 0.05) is 25.9 Å². The first-order chi connectivity index (χ1) is 7.36. The Kier molecular flexibility index (Phi) is 5.00. The van der Waals surface area contributed by atoms with Crippen LogP contribution in [0.3, 0.4) is 0 Å². The third kappa shape index (κ3) is 4.30. The highest BCUT2D eigenvalue weighted by molar-refractivity contribution is 4.98. The van der Waals surface area contributed by atoms with Crippen LogP contribution in [0.4, 0.5) is 0 Å². The van der Waals surface area contributed by atoms with Gasteiger partial charge in [-0.15, -0.1) is 0 Å². The van der Waals surface area contributed by atoms with Crippen molar-refractivity contribution in [2.75, 3.05) is 13.1 Å². The normalized spacial score (nSPS) is 9.80. The molecule has 0 N–H and O–H groups in total. The maximum absolute atomic E-state index is 8.50. The maximum atomic E-state index is 8.50. The molecule has 0 fully saturated rings. The van der Waals surface area contributed by atoms with E-state index >= 15 is 0 Å². The van der Waals surface area contributed by atoms with Crippen LogP contribution in [0, 0.1) is 22.7 Å². The van der Waals surface area contributed by atoms with Crippen LogP contribution in [0.1, 0.15) is 18.6 Å². The summed E-state index contributed by atoms with van der Waals surface area (Å²) in [4.78, 5) is 2.05. The molecular weight excluding hydrogens is 190 g/mol. The Balaban J connectivity index is 2.42. The zero-order valence-corrected chi connectivity index (χ0v) is 8.52. The van der Waals surface area contributed by atoms with Gasteiger partial charge in [0.05, 0.1) is 24.9 Å². The van der Waals surface area contributed by atoms with E-state index in [1.165, 1.54) is 0 Å². The lowest BCUT2D eigenvalue weighted by Crippen LogP contribution is -2.25. The molecule has 1 heterocycles. The average Bonchev–Trinajstić information content (AvgIpc) is 2.74. The lowest BCUT2D eigenvalue weighted by Gasteiger charge is -2.17. The van der Waals surface area contributed by atoms with Crippen molar-refractivity contribution in [1.82, 2.24) is 4.90 Å². The van der Waals surface area contributed by atoms with Crippen LogP contribution >= 0.6 is 0 Å². The zero-order valence-electron chi connectivity index (χ0n) is 8.52. The largest absolute Gasteiger partial charge is 0.468 e. The predicted molar refractivity (Wildman–Crippen MR) is 54.4 cm³/mol. The van der Waals surface area contributed by atoms with Crippen molar-refractivity contribution in [3.63, 3.8) is 0 Å². The van der Waals surface area contributed by atoms with E-state index in [9.17, 15) is 0 Å². The Morgan fingerprint density at radius 1 is 1.20 bits per heavy atom. The van der Waals surface area contributed by atoms with E-state index in [0.717, 1.165) is 5.76 Å². The maximum Gasteiger partial charge on any atom is 0.117 e. The minimum atomic E-state index is 0.478. The van der Waals surface area contributed by atoms with E-state index in [2.05, 4.69) is 12.1 Å². The van der Waals surface area contributed by atoms with Crippen molar-refractivity contribution in [3.05, 3.63) is 24.2 Å². The molecule has 0 atom stereocenters. The van der Waals surface area contributed by atoms with Crippen molar-refractivity contribution in [1.29, 1.82) is 10.5 Å². The van der Waals surface area contributed by atoms with Gasteiger partial charge in [0.15, 0.2) is 0 Å². The molecule has 1 aromatic heterocycles. The first-order valence-electron chi connectivity index (χ1n) is 4.85. The summed E-state index contributed by atoms with van der Waals surface area (Å²) in [6.07, 6.45) is 2.58. The molecule has 0 aliphatic heterocycles. The quantitative estimate of drug-likeness (QED) is 0.708. The number of nitriles is 2. The number of hydrogen-bond donors (Lipinski definition) is 0. The SMILES string of the molecule is N#CCCN(CCC#N)Cc1ccco1. The summed E-state index contributed by atoms with van der Waals surface area (Å²) in [5, 5.41) is 17.0. The smallest absolute Gasteiger partial charge is 0.117 e. The molecule has 0 spiro atoms. The molecule has 1 rings (SSSR count). The summed E-state index contributed by atoms with van der Waals surface area (Å²) in [6, 6.07) is 7.93. The van der Waals surface area contributed by atoms with Crippen molar-refractivity contribution < 1.29 is 4.42 Å². The highest BCUT2D eigenvalue weighted by atomic mass is 16.3. The van der Waals surface area contributed by atoms with Gasteiger partial charge in [-0.1, -0.05) is 0 Å². The lowest BCUT2D eigenvalue weighted by molar-refractivity contribution is 0.254. The molecule has 0 aromatic carbocycles. The van der Waals surface area contributed by atoms with Crippen LogP contribution in [0.5, 0.6) is 0 Å². The second-order valence-electron chi connectivity index (χ2n) is 3.17. The minimum Gasteiger partial charge on any atom is -0.468 e. The molecule has 1 aromatic rings. The van der Waals surface area contributed by atoms with E-state index in [-0.39, 0.29) is 0 Å². The Morgan fingerprint density at radius 2 is 1.87 bits per heavy atom. The average molecular weight is 203 g/mol. The summed E-state index contributed by atoms with van der Waals surface area (Å²) in [6.45, 7) is 2.02. The molecule has 0 aliphatic rings. The van der Waals surface area contributed by atoms with E-state index < -0.39 is 0 Å². The van der Waals surface area contributed by atoms with Crippen LogP contribution < -0.4 is 0 Å². The van der Waals surface area contributed by atoms with Crippen LogP contribution in [-0.4, -0.2) is 18.0 Å². The molecule has 0 bridgehead atoms. The molecule has 0 aliphatic carbocycles. The Hall–Kier alpha value is -1.78. The molecule has 0 radical (unpaired) electrons. The fraction of sp³-hybridized carbons (Fsp3) is 0.455. The molecule has 15 heavy (non-hydrogen) atoms. The van der Waals surface area contributed by atoms with Gasteiger partial charge < -0.3 is 4.42 Å². The Bertz CT molecular complexity index is 327. The fourth-order valence-corrected chi connectivity index (χ4v) is 1.31. The summed E-state index contributed by atoms with van der Waals surface area (Å²) < 4.78 is 5.22. The van der Waals surface area contributed by atoms with Crippen molar-refractivity contribution in [3.8, 4) is 12.1 Å². The van der Waals surface area contributed by atoms with Gasteiger partial charge in [-0.3, -0.25) is 4.90 Å². The molecule has 0 saturated carbocycles. The van der Waals surface area contributed by atoms with Crippen LogP contribution in [0.15, 0.2) is 22.8 Å². The van der Waals surface area contributed by atoms with Crippen molar-refractivity contribution >= 4 is 0 Å². The van der Waals surface area contributed by atoms with Crippen molar-refractivity contribution in [2.24, 2.45) is 0 Å². The summed E-state index contributed by atoms with van der Waals surface area (Å²) in [7, 11) is 0. The van der Waals surface area contributed by atoms with E-state index in [0.29, 0.717) is 32.5 Å². The van der Waals surface area contributed by atoms with E-state index in [1.807, 2.05) is 17.0 Å². The molecular formula is C11H13N3O. The molecule has 0 amide bonds. The lowest BCUT2D eigenvalue weighted by atomic mass is 10.3. The Labute approximate surface area is 89.3 Å². The van der Waals surface area contributed by atoms with Crippen LogP contribution in [0.25, 0.3) is 0 Å². The van der Waals surface area contributed by atoms with Gasteiger partial charge >= 0.3 is 0 Å². The standard InChI is InChI=1S/C11H13N3O/c12-5-2-7-14(8-3-6-13)10-11-4-1-9-15-11/h1,4,9H,2-3,7-8,10H2. The van der Waals surface area contributed by atoms with Crippen LogP contribution in [-0.2, 0) is 6.54 Å². The highest BCUT2D eigenvalue weighted by Gasteiger charge is 2.06. The first-order valence-corrected chi connectivity index (χ1v) is 4.85. The summed E-state index contributed by atoms with van der Waals surface area (Å²) in [5.41, 5.74) is 0. The van der Waals surface area contributed by atoms with Crippen molar-refractivity contribution in [2.45, 2.75) is 19.4 Å². The highest BCUT2D eigenvalue weighted by Crippen LogP contribution is 2.06. The van der Waals surface area contributed by atoms with Gasteiger partial charge in [0.2, 0.25) is 0 Å². The van der Waals surface area contributed by atoms with Crippen LogP contribution in [0.2, 0.25) is 0 Å². The number of furan rings is 1. The molecule has 0 unspecified atom stereocenters. The van der Waals surface area contributed by atoms with E-state index in [1.54, 1.807) is 6.26 Å². The molecule has 4 nitrogen and oxygen atoms in total. The monoisotopic (exact) mass is 203 g/mol. The molecule has 0 saturated heterocycles. The zero-order chi connectivity index (χ0) is 10.9. The van der Waals surface area contributed by atoms with Gasteiger partial charge in [0.25, 0.3) is 0 Å². The van der Waals surface area contributed by atoms with Gasteiger partial charge in [0.1, 0.15) is 5.76 Å². The number of nitrogens with zero attached hydrogens (tertiary/aromatic N) is 3.